The van der Waals surface area contributed by atoms with Gasteiger partial charge < -0.3 is 15.8 Å². The van der Waals surface area contributed by atoms with Crippen LogP contribution >= 0.6 is 11.6 Å². The van der Waals surface area contributed by atoms with Crippen molar-refractivity contribution in [1.82, 2.24) is 20.1 Å². The van der Waals surface area contributed by atoms with Crippen molar-refractivity contribution in [1.29, 1.82) is 0 Å². The number of hydrogen-bond acceptors (Lipinski definition) is 8. The number of aryl methyl sites for hydroxylation is 1. The lowest BCUT2D eigenvalue weighted by Gasteiger charge is -2.44. The molecular weight excluding hydrogens is 644 g/mol. The molecule has 0 bridgehead atoms. The monoisotopic (exact) mass is 688 g/mol. The van der Waals surface area contributed by atoms with E-state index in [1.54, 1.807) is 31.8 Å². The quantitative estimate of drug-likeness (QED) is 0.125. The number of sulfonamides is 1. The van der Waals surface area contributed by atoms with Crippen LogP contribution < -0.4 is 20.5 Å². The second-order valence-electron chi connectivity index (χ2n) is 12.5. The van der Waals surface area contributed by atoms with E-state index >= 15 is 0 Å². The molecule has 0 aromatic heterocycles. The number of carbonyl (C=O) groups is 3. The standard InChI is InChI=1S/C33H45ClN6O6S/c1-21-18-28(46-5)22(2)23(3)29(21)47(44,45)38-32(35)36-15-9-12-25(27(41)20-34)37-30(42)26-13-16-39-17-14-33(4,31(43)40(26)39)19-24-10-7-6-8-11-24/h6-8,10-11,18,25-26H,9,12-17,19-20H2,1-5H3,(H,37,42)(H3,35,36,38)/t25?,26-,33-/m0/s1. The Kier molecular flexibility index (Phi) is 11.6. The summed E-state index contributed by atoms with van der Waals surface area (Å²) in [6, 6.07) is 9.84. The number of halogens is 1. The van der Waals surface area contributed by atoms with Crippen LogP contribution in [0, 0.1) is 26.2 Å². The lowest BCUT2D eigenvalue weighted by Crippen LogP contribution is -2.61. The number of alkyl halides is 1. The molecule has 2 heterocycles. The number of hydrogen-bond donors (Lipinski definition) is 3. The average Bonchev–Trinajstić information content (AvgIpc) is 3.47. The van der Waals surface area contributed by atoms with E-state index in [9.17, 15) is 22.8 Å². The van der Waals surface area contributed by atoms with Crippen molar-refractivity contribution in [3.8, 4) is 5.75 Å². The van der Waals surface area contributed by atoms with Crippen LogP contribution in [0.25, 0.3) is 0 Å². The summed E-state index contributed by atoms with van der Waals surface area (Å²) in [5.74, 6) is -0.896. The third-order valence-electron chi connectivity index (χ3n) is 9.12. The fourth-order valence-electron chi connectivity index (χ4n) is 6.44. The van der Waals surface area contributed by atoms with Gasteiger partial charge in [0.05, 0.1) is 29.3 Å². The van der Waals surface area contributed by atoms with Crippen molar-refractivity contribution in [2.75, 3.05) is 32.6 Å². The van der Waals surface area contributed by atoms with E-state index < -0.39 is 33.4 Å². The molecule has 4 N–H and O–H groups in total. The van der Waals surface area contributed by atoms with Gasteiger partial charge in [0, 0.05) is 19.6 Å². The number of methoxy groups -OCH3 is 1. The van der Waals surface area contributed by atoms with Gasteiger partial charge in [-0.15, -0.1) is 11.6 Å². The van der Waals surface area contributed by atoms with Crippen LogP contribution in [0.5, 0.6) is 5.75 Å². The van der Waals surface area contributed by atoms with Crippen LogP contribution in [-0.4, -0.2) is 86.7 Å². The van der Waals surface area contributed by atoms with Crippen LogP contribution in [0.2, 0.25) is 0 Å². The maximum absolute atomic E-state index is 13.8. The maximum atomic E-state index is 13.8. The first kappa shape index (κ1) is 36.2. The van der Waals surface area contributed by atoms with Crippen molar-refractivity contribution < 1.29 is 27.5 Å². The van der Waals surface area contributed by atoms with E-state index in [0.717, 1.165) is 5.56 Å². The molecule has 4 rings (SSSR count). The summed E-state index contributed by atoms with van der Waals surface area (Å²) in [4.78, 5) is 44.3. The minimum absolute atomic E-state index is 0.0928. The molecule has 0 saturated carbocycles. The third kappa shape index (κ3) is 8.07. The molecule has 2 aliphatic heterocycles. The first-order valence-electron chi connectivity index (χ1n) is 15.7. The molecule has 0 aliphatic carbocycles. The van der Waals surface area contributed by atoms with E-state index in [2.05, 4.69) is 15.0 Å². The second-order valence-corrected chi connectivity index (χ2v) is 14.4. The van der Waals surface area contributed by atoms with E-state index in [-0.39, 0.29) is 41.4 Å². The molecule has 12 nitrogen and oxygen atoms in total. The van der Waals surface area contributed by atoms with Crippen molar-refractivity contribution >= 4 is 45.2 Å². The predicted octanol–water partition coefficient (Wildman–Crippen LogP) is 2.76. The number of guanidine groups is 1. The first-order valence-corrected chi connectivity index (χ1v) is 17.7. The lowest BCUT2D eigenvalue weighted by atomic mass is 9.78. The predicted molar refractivity (Wildman–Crippen MR) is 181 cm³/mol. The average molecular weight is 689 g/mol. The lowest BCUT2D eigenvalue weighted by molar-refractivity contribution is -0.171. The van der Waals surface area contributed by atoms with Gasteiger partial charge >= 0.3 is 0 Å². The topological polar surface area (TPSA) is 164 Å². The number of aliphatic imine (C=N–C) groups is 1. The van der Waals surface area contributed by atoms with E-state index in [4.69, 9.17) is 22.1 Å². The van der Waals surface area contributed by atoms with E-state index in [1.807, 2.05) is 42.3 Å². The molecule has 3 atom stereocenters. The minimum Gasteiger partial charge on any atom is -0.496 e. The Morgan fingerprint density at radius 2 is 1.87 bits per heavy atom. The highest BCUT2D eigenvalue weighted by Gasteiger charge is 2.50. The van der Waals surface area contributed by atoms with Gasteiger partial charge in [0.15, 0.2) is 5.78 Å². The summed E-state index contributed by atoms with van der Waals surface area (Å²) in [6.07, 6.45) is 2.21. The Bertz CT molecular complexity index is 1640. The normalized spacial score (nSPS) is 20.9. The Morgan fingerprint density at radius 1 is 1.17 bits per heavy atom. The fraction of sp³-hybridized carbons (Fsp3) is 0.515. The number of Topliss-reactive ketones (excluding diaryl/α,β-unsaturated/α-hetero) is 1. The van der Waals surface area contributed by atoms with Gasteiger partial charge in [0.25, 0.3) is 10.0 Å². The summed E-state index contributed by atoms with van der Waals surface area (Å²) < 4.78 is 34.0. The second kappa shape index (κ2) is 15.0. The number of fused-ring (bicyclic) bond motifs is 1. The smallest absolute Gasteiger partial charge is 0.264 e. The largest absolute Gasteiger partial charge is 0.496 e. The van der Waals surface area contributed by atoms with Gasteiger partial charge in [-0.2, -0.15) is 0 Å². The number of ether oxygens (including phenoxy) is 1. The molecule has 1 unspecified atom stereocenters. The number of nitrogens with one attached hydrogen (secondary N) is 2. The molecule has 0 radical (unpaired) electrons. The Hall–Kier alpha value is -3.68. The van der Waals surface area contributed by atoms with Crippen LogP contribution in [0.1, 0.15) is 54.9 Å². The number of benzene rings is 2. The van der Waals surface area contributed by atoms with Gasteiger partial charge in [-0.3, -0.25) is 24.4 Å². The Morgan fingerprint density at radius 3 is 2.53 bits per heavy atom. The van der Waals surface area contributed by atoms with E-state index in [1.165, 1.54) is 7.11 Å². The molecule has 47 heavy (non-hydrogen) atoms. The molecule has 2 aromatic rings. The zero-order valence-corrected chi connectivity index (χ0v) is 29.2. The summed E-state index contributed by atoms with van der Waals surface area (Å²) >= 11 is 5.88. The molecule has 2 aromatic carbocycles. The number of nitrogens with two attached hydrogens (primary N) is 1. The Balaban J connectivity index is 1.37. The molecule has 256 valence electrons. The SMILES string of the molecule is COc1cc(C)c(S(=O)(=O)NC(N)=NCCCC(NC(=O)[C@@H]2CCN3CC[C@@](C)(Cc4ccccc4)C(=O)N23)C(=O)CCl)c(C)c1C. The van der Waals surface area contributed by atoms with Crippen LogP contribution in [-0.2, 0) is 30.8 Å². The number of amides is 2. The molecular formula is C33H45ClN6O6S. The van der Waals surface area contributed by atoms with Crippen molar-refractivity contribution in [2.24, 2.45) is 16.1 Å². The summed E-state index contributed by atoms with van der Waals surface area (Å²) in [7, 11) is -2.51. The van der Waals surface area contributed by atoms with Gasteiger partial charge in [-0.05, 0) is 81.2 Å². The van der Waals surface area contributed by atoms with Crippen LogP contribution in [0.4, 0.5) is 0 Å². The number of rotatable bonds is 13. The van der Waals surface area contributed by atoms with Crippen molar-refractivity contribution in [2.45, 2.75) is 76.8 Å². The van der Waals surface area contributed by atoms with E-state index in [0.29, 0.717) is 61.2 Å². The van der Waals surface area contributed by atoms with Gasteiger partial charge in [-0.25, -0.2) is 18.1 Å². The minimum atomic E-state index is -4.03. The number of carbonyl (C=O) groups excluding carboxylic acids is 3. The number of hydrazine groups is 1. The fourth-order valence-corrected chi connectivity index (χ4v) is 8.10. The zero-order chi connectivity index (χ0) is 34.5. The van der Waals surface area contributed by atoms with Crippen molar-refractivity contribution in [3.63, 3.8) is 0 Å². The Labute approximate surface area is 282 Å². The summed E-state index contributed by atoms with van der Waals surface area (Å²) in [6.45, 7) is 8.41. The highest BCUT2D eigenvalue weighted by molar-refractivity contribution is 7.90. The van der Waals surface area contributed by atoms with Crippen LogP contribution in [0.15, 0.2) is 46.3 Å². The summed E-state index contributed by atoms with van der Waals surface area (Å²) in [5, 5.41) is 6.32. The molecule has 0 spiro atoms. The molecule has 2 aliphatic rings. The summed E-state index contributed by atoms with van der Waals surface area (Å²) in [5.41, 5.74) is 8.08. The molecule has 2 saturated heterocycles. The highest BCUT2D eigenvalue weighted by atomic mass is 35.5. The number of nitrogens with zero attached hydrogens (tertiary/aromatic N) is 3. The zero-order valence-electron chi connectivity index (χ0n) is 27.6. The van der Waals surface area contributed by atoms with Gasteiger partial charge in [0.2, 0.25) is 17.8 Å². The van der Waals surface area contributed by atoms with Crippen molar-refractivity contribution in [3.05, 3.63) is 58.7 Å². The first-order chi connectivity index (χ1) is 22.2. The highest BCUT2D eigenvalue weighted by Crippen LogP contribution is 2.38. The third-order valence-corrected chi connectivity index (χ3v) is 11.0. The maximum Gasteiger partial charge on any atom is 0.264 e. The van der Waals surface area contributed by atoms with Crippen LogP contribution in [0.3, 0.4) is 0 Å². The molecule has 14 heteroatoms. The molecule has 2 fully saturated rings. The number of ketones is 1. The van der Waals surface area contributed by atoms with Gasteiger partial charge in [0.1, 0.15) is 11.8 Å². The van der Waals surface area contributed by atoms with Gasteiger partial charge in [-0.1, -0.05) is 37.3 Å². The molecule has 2 amide bonds.